The Bertz CT molecular complexity index is 292. The van der Waals surface area contributed by atoms with Gasteiger partial charge in [0.05, 0.1) is 0 Å². The van der Waals surface area contributed by atoms with E-state index in [-0.39, 0.29) is 6.04 Å². The lowest BCUT2D eigenvalue weighted by Gasteiger charge is -2.12. The maximum absolute atomic E-state index is 6.10. The number of hydrogen-bond donors (Lipinski definition) is 1. The van der Waals surface area contributed by atoms with Gasteiger partial charge in [0.25, 0.3) is 0 Å². The predicted molar refractivity (Wildman–Crippen MR) is 71.8 cm³/mol. The van der Waals surface area contributed by atoms with E-state index in [9.17, 15) is 0 Å². The maximum Gasteiger partial charge on any atom is 0.0406 e. The van der Waals surface area contributed by atoms with Gasteiger partial charge >= 0.3 is 0 Å². The Morgan fingerprint density at radius 2 is 1.75 bits per heavy atom. The van der Waals surface area contributed by atoms with Crippen molar-refractivity contribution in [3.05, 3.63) is 34.9 Å². The van der Waals surface area contributed by atoms with E-state index in [4.69, 9.17) is 17.3 Å². The van der Waals surface area contributed by atoms with Gasteiger partial charge in [-0.15, -0.1) is 0 Å². The molecule has 0 bridgehead atoms. The van der Waals surface area contributed by atoms with Crippen LogP contribution in [0.2, 0.25) is 5.02 Å². The molecule has 1 rings (SSSR count). The van der Waals surface area contributed by atoms with Crippen molar-refractivity contribution in [1.29, 1.82) is 0 Å². The summed E-state index contributed by atoms with van der Waals surface area (Å²) in [5, 5.41) is 0.789. The Labute approximate surface area is 104 Å². The first-order chi connectivity index (χ1) is 7.58. The fraction of sp³-hybridized carbons (Fsp3) is 0.571. The van der Waals surface area contributed by atoms with Gasteiger partial charge in [-0.1, -0.05) is 50.4 Å². The molecular weight excluding hydrogens is 218 g/mol. The second-order valence-electron chi connectivity index (χ2n) is 4.92. The molecule has 1 nitrogen and oxygen atoms in total. The van der Waals surface area contributed by atoms with Gasteiger partial charge in [0.15, 0.2) is 0 Å². The quantitative estimate of drug-likeness (QED) is 0.797. The Balaban J connectivity index is 2.28. The van der Waals surface area contributed by atoms with Gasteiger partial charge in [0.2, 0.25) is 0 Å². The third-order valence-corrected chi connectivity index (χ3v) is 3.02. The fourth-order valence-electron chi connectivity index (χ4n) is 1.81. The van der Waals surface area contributed by atoms with Crippen LogP contribution in [-0.4, -0.2) is 6.04 Å². The summed E-state index contributed by atoms with van der Waals surface area (Å²) < 4.78 is 0. The van der Waals surface area contributed by atoms with Gasteiger partial charge in [-0.05, 0) is 36.5 Å². The SMILES string of the molecule is CC(C)CCCC(N)Cc1ccc(Cl)cc1. The van der Waals surface area contributed by atoms with Crippen LogP contribution in [0.3, 0.4) is 0 Å². The molecule has 0 fully saturated rings. The van der Waals surface area contributed by atoms with Crippen LogP contribution < -0.4 is 5.73 Å². The van der Waals surface area contributed by atoms with Gasteiger partial charge < -0.3 is 5.73 Å². The van der Waals surface area contributed by atoms with Crippen molar-refractivity contribution in [2.45, 2.75) is 45.6 Å². The summed E-state index contributed by atoms with van der Waals surface area (Å²) in [4.78, 5) is 0. The van der Waals surface area contributed by atoms with Crippen molar-refractivity contribution < 1.29 is 0 Å². The van der Waals surface area contributed by atoms with Crippen molar-refractivity contribution in [3.63, 3.8) is 0 Å². The Kier molecular flexibility index (Phi) is 5.86. The third-order valence-electron chi connectivity index (χ3n) is 2.77. The van der Waals surface area contributed by atoms with Crippen molar-refractivity contribution in [2.75, 3.05) is 0 Å². The van der Waals surface area contributed by atoms with Crippen molar-refractivity contribution in [2.24, 2.45) is 11.7 Å². The number of nitrogens with two attached hydrogens (primary N) is 1. The van der Waals surface area contributed by atoms with Crippen molar-refractivity contribution in [3.8, 4) is 0 Å². The average Bonchev–Trinajstić information content (AvgIpc) is 2.21. The van der Waals surface area contributed by atoms with Crippen LogP contribution in [0.4, 0.5) is 0 Å². The molecule has 0 aromatic heterocycles. The number of rotatable bonds is 6. The van der Waals surface area contributed by atoms with Gasteiger partial charge in [-0.3, -0.25) is 0 Å². The molecule has 0 aliphatic carbocycles. The minimum Gasteiger partial charge on any atom is -0.327 e. The molecule has 16 heavy (non-hydrogen) atoms. The highest BCUT2D eigenvalue weighted by Gasteiger charge is 2.04. The van der Waals surface area contributed by atoms with E-state index in [1.807, 2.05) is 12.1 Å². The predicted octanol–water partition coefficient (Wildman–Crippen LogP) is 4.04. The highest BCUT2D eigenvalue weighted by atomic mass is 35.5. The molecule has 0 spiro atoms. The van der Waals surface area contributed by atoms with Crippen LogP contribution in [0, 0.1) is 5.92 Å². The van der Waals surface area contributed by atoms with Crippen LogP contribution in [0.5, 0.6) is 0 Å². The lowest BCUT2D eigenvalue weighted by molar-refractivity contribution is 0.496. The second-order valence-corrected chi connectivity index (χ2v) is 5.35. The van der Waals surface area contributed by atoms with Crippen LogP contribution in [-0.2, 0) is 6.42 Å². The van der Waals surface area contributed by atoms with E-state index in [0.717, 1.165) is 23.8 Å². The summed E-state index contributed by atoms with van der Waals surface area (Å²) in [7, 11) is 0. The van der Waals surface area contributed by atoms with E-state index >= 15 is 0 Å². The van der Waals surface area contributed by atoms with Gasteiger partial charge in [0, 0.05) is 11.1 Å². The minimum atomic E-state index is 0.278. The van der Waals surface area contributed by atoms with E-state index < -0.39 is 0 Å². The fourth-order valence-corrected chi connectivity index (χ4v) is 1.94. The zero-order valence-electron chi connectivity index (χ0n) is 10.2. The maximum atomic E-state index is 6.10. The summed E-state index contributed by atoms with van der Waals surface area (Å²) in [6.07, 6.45) is 4.57. The molecule has 0 radical (unpaired) electrons. The Morgan fingerprint density at radius 1 is 1.12 bits per heavy atom. The summed E-state index contributed by atoms with van der Waals surface area (Å²) in [5.74, 6) is 0.780. The molecule has 0 heterocycles. The van der Waals surface area contributed by atoms with Crippen LogP contribution in [0.15, 0.2) is 24.3 Å². The summed E-state index contributed by atoms with van der Waals surface area (Å²) in [5.41, 5.74) is 7.38. The first kappa shape index (κ1) is 13.5. The largest absolute Gasteiger partial charge is 0.327 e. The van der Waals surface area contributed by atoms with E-state index in [0.29, 0.717) is 0 Å². The molecule has 0 saturated carbocycles. The van der Waals surface area contributed by atoms with Crippen molar-refractivity contribution in [1.82, 2.24) is 0 Å². The molecule has 0 aliphatic rings. The molecule has 0 amide bonds. The van der Waals surface area contributed by atoms with Gasteiger partial charge in [-0.25, -0.2) is 0 Å². The zero-order valence-corrected chi connectivity index (χ0v) is 11.0. The number of halogens is 1. The Morgan fingerprint density at radius 3 is 2.31 bits per heavy atom. The molecule has 1 atom stereocenters. The number of hydrogen-bond acceptors (Lipinski definition) is 1. The zero-order chi connectivity index (χ0) is 12.0. The minimum absolute atomic E-state index is 0.278. The summed E-state index contributed by atoms with van der Waals surface area (Å²) in [6.45, 7) is 4.51. The second kappa shape index (κ2) is 6.93. The van der Waals surface area contributed by atoms with Gasteiger partial charge in [0.1, 0.15) is 0 Å². The smallest absolute Gasteiger partial charge is 0.0406 e. The molecule has 0 aliphatic heterocycles. The molecular formula is C14H22ClN. The highest BCUT2D eigenvalue weighted by Crippen LogP contribution is 2.13. The Hall–Kier alpha value is -0.530. The van der Waals surface area contributed by atoms with Crippen LogP contribution in [0.25, 0.3) is 0 Å². The normalized spacial score (nSPS) is 13.1. The first-order valence-corrected chi connectivity index (χ1v) is 6.45. The highest BCUT2D eigenvalue weighted by molar-refractivity contribution is 6.30. The molecule has 0 saturated heterocycles. The third kappa shape index (κ3) is 5.53. The van der Waals surface area contributed by atoms with E-state index in [1.54, 1.807) is 0 Å². The molecule has 1 aromatic carbocycles. The molecule has 2 N–H and O–H groups in total. The average molecular weight is 240 g/mol. The lowest BCUT2D eigenvalue weighted by Crippen LogP contribution is -2.22. The summed E-state index contributed by atoms with van der Waals surface area (Å²) in [6, 6.07) is 8.25. The molecule has 2 heteroatoms. The van der Waals surface area contributed by atoms with E-state index in [1.165, 1.54) is 18.4 Å². The summed E-state index contributed by atoms with van der Waals surface area (Å²) >= 11 is 5.84. The van der Waals surface area contributed by atoms with Crippen LogP contribution in [0.1, 0.15) is 38.7 Å². The topological polar surface area (TPSA) is 26.0 Å². The van der Waals surface area contributed by atoms with Crippen LogP contribution >= 0.6 is 11.6 Å². The first-order valence-electron chi connectivity index (χ1n) is 6.08. The molecule has 1 unspecified atom stereocenters. The number of benzene rings is 1. The standard InChI is InChI=1S/C14H22ClN/c1-11(2)4-3-5-14(16)10-12-6-8-13(15)9-7-12/h6-9,11,14H,3-5,10,16H2,1-2H3. The molecule has 1 aromatic rings. The van der Waals surface area contributed by atoms with E-state index in [2.05, 4.69) is 26.0 Å². The lowest BCUT2D eigenvalue weighted by atomic mass is 9.99. The van der Waals surface area contributed by atoms with Gasteiger partial charge in [-0.2, -0.15) is 0 Å². The van der Waals surface area contributed by atoms with Crippen molar-refractivity contribution >= 4 is 11.6 Å². The monoisotopic (exact) mass is 239 g/mol. The molecule has 90 valence electrons.